The summed E-state index contributed by atoms with van der Waals surface area (Å²) in [5, 5.41) is 25.5. The number of pyridine rings is 2. The highest BCUT2D eigenvalue weighted by Crippen LogP contribution is 2.48. The van der Waals surface area contributed by atoms with Gasteiger partial charge in [-0.05, 0) is 106 Å². The van der Waals surface area contributed by atoms with Crippen LogP contribution in [-0.4, -0.2) is 116 Å². The zero-order chi connectivity index (χ0) is 57.4. The molecule has 5 aliphatic heterocycles. The molecule has 18 nitrogen and oxygen atoms in total. The van der Waals surface area contributed by atoms with E-state index in [1.807, 2.05) is 17.9 Å². The van der Waals surface area contributed by atoms with Gasteiger partial charge in [-0.15, -0.1) is 11.3 Å². The number of piperazine rings is 1. The van der Waals surface area contributed by atoms with Crippen LogP contribution in [-0.2, 0) is 50.7 Å². The van der Waals surface area contributed by atoms with Gasteiger partial charge in [0.25, 0.3) is 11.5 Å². The van der Waals surface area contributed by atoms with Crippen molar-refractivity contribution in [2.24, 2.45) is 0 Å². The topological polar surface area (TPSA) is 231 Å². The summed E-state index contributed by atoms with van der Waals surface area (Å²) in [5.74, 6) is -2.50. The molecule has 3 aromatic carbocycles. The lowest BCUT2D eigenvalue weighted by atomic mass is 9.85. The van der Waals surface area contributed by atoms with Crippen molar-refractivity contribution in [3.63, 3.8) is 0 Å². The van der Waals surface area contributed by atoms with Crippen molar-refractivity contribution in [3.05, 3.63) is 109 Å². The highest BCUT2D eigenvalue weighted by molar-refractivity contribution is 7.23. The number of thiophene rings is 1. The second-order valence-electron chi connectivity index (χ2n) is 22.2. The van der Waals surface area contributed by atoms with Crippen LogP contribution >= 0.6 is 22.9 Å². The molecule has 0 saturated carbocycles. The summed E-state index contributed by atoms with van der Waals surface area (Å²) in [6.07, 6.45) is 1.02. The summed E-state index contributed by atoms with van der Waals surface area (Å²) in [5.41, 5.74) is 8.53. The first-order chi connectivity index (χ1) is 39.3. The molecule has 1 aliphatic carbocycles. The molecule has 4 N–H and O–H groups in total. The third kappa shape index (κ3) is 8.19. The number of hydrogen-bond acceptors (Lipinski definition) is 16. The van der Waals surface area contributed by atoms with Gasteiger partial charge in [0, 0.05) is 77.2 Å². The van der Waals surface area contributed by atoms with Gasteiger partial charge in [-0.2, -0.15) is 15.2 Å². The largest absolute Gasteiger partial charge is 0.461 e. The van der Waals surface area contributed by atoms with Crippen LogP contribution < -0.4 is 26.2 Å². The fourth-order valence-electron chi connectivity index (χ4n) is 13.5. The maximum atomic E-state index is 17.5. The van der Waals surface area contributed by atoms with Crippen LogP contribution in [0, 0.1) is 23.0 Å². The van der Waals surface area contributed by atoms with E-state index in [4.69, 9.17) is 41.5 Å². The van der Waals surface area contributed by atoms with E-state index in [2.05, 4.69) is 21.8 Å². The summed E-state index contributed by atoms with van der Waals surface area (Å²) in [7, 11) is 0. The molecule has 3 saturated heterocycles. The number of anilines is 3. The molecule has 3 fully saturated rings. The van der Waals surface area contributed by atoms with Gasteiger partial charge < -0.3 is 39.4 Å². The number of ether oxygens (including phenoxy) is 3. The zero-order valence-electron chi connectivity index (χ0n) is 44.9. The molecule has 23 heteroatoms. The van der Waals surface area contributed by atoms with Crippen LogP contribution in [0.15, 0.2) is 53.3 Å². The van der Waals surface area contributed by atoms with Crippen LogP contribution in [0.25, 0.3) is 54.4 Å². The standard InChI is InChI=1S/C59H54ClF3N10O8S/c1-5-59(78)38-19-43-48-36(24-73(43)54(75)37(38)25-79-55(59)76)31-8-6-9-32-41(12-13-42(66-48)44(31)32)67-57(77)81-29(4)28(3)53(74)70-16-17-72(27(2)22-70)52-34-18-39(60)46(33-10-11-40(62)50-45(33)35(21-64)51(65)82-50)47(63)49(34)68-56(69-52)80-26-58-14-7-15-71(58)23-30(61)20-58/h10-13,18-19,27,29-30,78H,3,5-9,14-17,20,22-26,65H2,1-2,4H3,(H,67,77). The van der Waals surface area contributed by atoms with Crippen LogP contribution in [0.1, 0.15) is 86.3 Å². The molecule has 4 aromatic heterocycles. The normalized spacial score (nSPS) is 22.2. The SMILES string of the molecule is C=C(C(=O)N1CCN(c2nc(OCC34CCCN3CC(F)C4)nc3c(F)c(-c4ccc(F)c5sc(N)c(C#N)c45)c(Cl)cc23)C(C)C1)C(C)OC(=O)Nc1ccc2nc3c(c4c2c1CCC4)Cn1c-3cc2c(c1=O)COC(=O)C2(O)CC. The van der Waals surface area contributed by atoms with E-state index in [9.17, 15) is 33.9 Å². The number of fused-ring (bicyclic) bond motifs is 8. The van der Waals surface area contributed by atoms with E-state index in [1.165, 1.54) is 12.1 Å². The minimum atomic E-state index is -1.96. The summed E-state index contributed by atoms with van der Waals surface area (Å²) in [4.78, 5) is 74.7. The van der Waals surface area contributed by atoms with E-state index >= 15 is 8.78 Å². The molecule has 0 bridgehead atoms. The minimum Gasteiger partial charge on any atom is -0.461 e. The quantitative estimate of drug-likeness (QED) is 0.0857. The van der Waals surface area contributed by atoms with Crippen molar-refractivity contribution < 1.29 is 46.9 Å². The van der Waals surface area contributed by atoms with Crippen LogP contribution in [0.3, 0.4) is 0 Å². The van der Waals surface area contributed by atoms with Crippen LogP contribution in [0.4, 0.5) is 34.5 Å². The van der Waals surface area contributed by atoms with Gasteiger partial charge in [0.1, 0.15) is 53.7 Å². The van der Waals surface area contributed by atoms with E-state index in [0.29, 0.717) is 48.4 Å². The van der Waals surface area contributed by atoms with E-state index in [0.717, 1.165) is 52.3 Å². The Bertz CT molecular complexity index is 4110. The molecule has 422 valence electrons. The summed E-state index contributed by atoms with van der Waals surface area (Å²) < 4.78 is 66.7. The number of aryl methyl sites for hydroxylation is 2. The molecule has 0 spiro atoms. The molecule has 82 heavy (non-hydrogen) atoms. The second kappa shape index (κ2) is 19.7. The highest BCUT2D eigenvalue weighted by atomic mass is 35.5. The number of nitriles is 1. The van der Waals surface area contributed by atoms with Gasteiger partial charge >= 0.3 is 18.1 Å². The maximum absolute atomic E-state index is 17.5. The number of hydrogen-bond donors (Lipinski definition) is 3. The summed E-state index contributed by atoms with van der Waals surface area (Å²) in [6.45, 7) is 10.7. The Balaban J connectivity index is 0.738. The van der Waals surface area contributed by atoms with Crippen molar-refractivity contribution in [3.8, 4) is 34.6 Å². The second-order valence-corrected chi connectivity index (χ2v) is 23.7. The average Bonchev–Trinajstić information content (AvgIpc) is 4.02. The number of benzene rings is 3. The molecule has 5 unspecified atom stereocenters. The number of carbonyl (C=O) groups excluding carboxylic acids is 3. The number of esters is 1. The third-order valence-electron chi connectivity index (χ3n) is 17.7. The van der Waals surface area contributed by atoms with Crippen molar-refractivity contribution in [1.29, 1.82) is 5.26 Å². The molecule has 9 heterocycles. The number of nitrogens with zero attached hydrogens (tertiary/aromatic N) is 8. The fraction of sp³-hybridized carbons (Fsp3) is 0.390. The first-order valence-electron chi connectivity index (χ1n) is 27.3. The van der Waals surface area contributed by atoms with Crippen LogP contribution in [0.2, 0.25) is 5.02 Å². The van der Waals surface area contributed by atoms with Gasteiger partial charge in [0.2, 0.25) is 0 Å². The third-order valence-corrected chi connectivity index (χ3v) is 19.0. The zero-order valence-corrected chi connectivity index (χ0v) is 46.5. The molecule has 13 rings (SSSR count). The number of carbonyl (C=O) groups is 3. The number of aliphatic hydroxyl groups is 1. The number of cyclic esters (lactones) is 1. The Hall–Kier alpha value is -7.84. The number of nitrogens with two attached hydrogens (primary N) is 1. The van der Waals surface area contributed by atoms with E-state index < -0.39 is 59.1 Å². The fourth-order valence-corrected chi connectivity index (χ4v) is 14.7. The molecule has 5 atom stereocenters. The maximum Gasteiger partial charge on any atom is 0.412 e. The molecular weight excluding hydrogens is 1100 g/mol. The van der Waals surface area contributed by atoms with Crippen molar-refractivity contribution in [1.82, 2.24) is 29.3 Å². The van der Waals surface area contributed by atoms with Gasteiger partial charge in [0.15, 0.2) is 11.4 Å². The van der Waals surface area contributed by atoms with E-state index in [1.54, 1.807) is 41.5 Å². The Morgan fingerprint density at radius 3 is 2.65 bits per heavy atom. The summed E-state index contributed by atoms with van der Waals surface area (Å²) >= 11 is 7.87. The molecular formula is C59H54ClF3N10O8S. The van der Waals surface area contributed by atoms with Crippen molar-refractivity contribution in [2.45, 2.75) is 108 Å². The predicted molar refractivity (Wildman–Crippen MR) is 302 cm³/mol. The smallest absolute Gasteiger partial charge is 0.412 e. The first-order valence-corrected chi connectivity index (χ1v) is 28.5. The van der Waals surface area contributed by atoms with Gasteiger partial charge in [-0.1, -0.05) is 31.2 Å². The molecule has 0 radical (unpaired) electrons. The lowest BCUT2D eigenvalue weighted by Gasteiger charge is -2.41. The Labute approximate surface area is 475 Å². The Morgan fingerprint density at radius 1 is 1.06 bits per heavy atom. The van der Waals surface area contributed by atoms with Crippen molar-refractivity contribution in [2.75, 3.05) is 55.3 Å². The van der Waals surface area contributed by atoms with Gasteiger partial charge in [0.05, 0.1) is 55.4 Å². The predicted octanol–water partition coefficient (Wildman–Crippen LogP) is 8.96. The van der Waals surface area contributed by atoms with E-state index in [-0.39, 0.29) is 141 Å². The monoisotopic (exact) mass is 1150 g/mol. The Kier molecular flexibility index (Phi) is 12.8. The Morgan fingerprint density at radius 2 is 1.87 bits per heavy atom. The number of aromatic nitrogens is 4. The van der Waals surface area contributed by atoms with Gasteiger partial charge in [-0.3, -0.25) is 19.8 Å². The molecule has 7 aromatic rings. The number of nitrogen functional groups attached to an aromatic ring is 1. The number of amides is 2. The molecule has 6 aliphatic rings. The highest BCUT2D eigenvalue weighted by Gasteiger charge is 2.50. The number of alkyl halides is 1. The number of halogens is 4. The van der Waals surface area contributed by atoms with Crippen LogP contribution in [0.5, 0.6) is 6.01 Å². The minimum absolute atomic E-state index is 0.0145. The molecule has 2 amide bonds. The van der Waals surface area contributed by atoms with Gasteiger partial charge in [-0.25, -0.2) is 27.7 Å². The summed E-state index contributed by atoms with van der Waals surface area (Å²) in [6, 6.07) is 10.6. The number of nitrogens with one attached hydrogen (secondary N) is 1. The number of rotatable bonds is 10. The lowest BCUT2D eigenvalue weighted by Crippen LogP contribution is -2.54. The first kappa shape index (κ1) is 53.5. The lowest BCUT2D eigenvalue weighted by molar-refractivity contribution is -0.172. The van der Waals surface area contributed by atoms with Crippen molar-refractivity contribution >= 4 is 89.3 Å². The average molecular weight is 1160 g/mol.